The van der Waals surface area contributed by atoms with Gasteiger partial charge in [-0.2, -0.15) is 0 Å². The molecule has 12 heteroatoms. The Labute approximate surface area is 286 Å². The van der Waals surface area contributed by atoms with Crippen molar-refractivity contribution in [2.45, 2.75) is 153 Å². The Morgan fingerprint density at radius 3 is 1.85 bits per heavy atom. The lowest BCUT2D eigenvalue weighted by Crippen LogP contribution is -2.46. The van der Waals surface area contributed by atoms with E-state index in [0.29, 0.717) is 12.8 Å². The van der Waals surface area contributed by atoms with Gasteiger partial charge in [-0.05, 0) is 89.5 Å². The van der Waals surface area contributed by atoms with Crippen LogP contribution in [0.15, 0.2) is 22.3 Å². The van der Waals surface area contributed by atoms with Gasteiger partial charge >= 0.3 is 11.9 Å². The molecule has 8 bridgehead atoms. The fourth-order valence-corrected chi connectivity index (χ4v) is 10.00. The lowest BCUT2D eigenvalue weighted by atomic mass is 9.80. The number of halogens is 2. The van der Waals surface area contributed by atoms with Crippen molar-refractivity contribution in [1.82, 2.24) is 21.3 Å². The molecule has 0 saturated carbocycles. The summed E-state index contributed by atoms with van der Waals surface area (Å²) in [5.41, 5.74) is 4.67. The molecule has 5 aliphatic rings. The second-order valence-electron chi connectivity index (χ2n) is 14.8. The maximum absolute atomic E-state index is 11.7. The topological polar surface area (TPSA) is 163 Å². The third-order valence-electron chi connectivity index (χ3n) is 12.3. The molecule has 14 unspecified atom stereocenters. The Kier molecular flexibility index (Phi) is 13.6. The van der Waals surface area contributed by atoms with Crippen molar-refractivity contribution in [1.29, 1.82) is 0 Å². The normalized spacial score (nSPS) is 40.3. The highest BCUT2D eigenvalue weighted by Crippen LogP contribution is 2.42. The second-order valence-corrected chi connectivity index (χ2v) is 14.8. The number of aliphatic hydroxyl groups excluding tert-OH is 2. The van der Waals surface area contributed by atoms with Gasteiger partial charge in [-0.15, -0.1) is 24.8 Å². The minimum atomic E-state index is -0.802. The van der Waals surface area contributed by atoms with Crippen molar-refractivity contribution in [3.8, 4) is 0 Å². The molecule has 14 atom stereocenters. The molecule has 5 heterocycles. The van der Waals surface area contributed by atoms with Crippen molar-refractivity contribution >= 4 is 36.8 Å². The lowest BCUT2D eigenvalue weighted by Gasteiger charge is -2.29. The molecule has 3 saturated heterocycles. The molecule has 0 aromatic heterocycles. The zero-order valence-corrected chi connectivity index (χ0v) is 29.8. The van der Waals surface area contributed by atoms with Crippen LogP contribution in [-0.2, 0) is 9.59 Å². The summed E-state index contributed by atoms with van der Waals surface area (Å²) in [6.07, 6.45) is 3.54. The van der Waals surface area contributed by atoms with Gasteiger partial charge in [0.25, 0.3) is 0 Å². The molecule has 264 valence electrons. The summed E-state index contributed by atoms with van der Waals surface area (Å²) in [7, 11) is 0. The molecule has 8 N–H and O–H groups in total. The predicted molar refractivity (Wildman–Crippen MR) is 184 cm³/mol. The van der Waals surface area contributed by atoms with Crippen LogP contribution >= 0.6 is 24.8 Å². The van der Waals surface area contributed by atoms with Crippen LogP contribution in [0.25, 0.3) is 0 Å². The molecule has 46 heavy (non-hydrogen) atoms. The van der Waals surface area contributed by atoms with E-state index in [1.807, 2.05) is 13.8 Å². The van der Waals surface area contributed by atoms with Crippen molar-refractivity contribution in [2.24, 2.45) is 23.7 Å². The van der Waals surface area contributed by atoms with Gasteiger partial charge in [-0.1, -0.05) is 30.6 Å². The number of carboxylic acid groups (broad SMARTS) is 2. The van der Waals surface area contributed by atoms with E-state index < -0.39 is 24.1 Å². The molecule has 0 aliphatic carbocycles. The molecular formula is C34H58Cl2N4O6. The Morgan fingerprint density at radius 2 is 1.24 bits per heavy atom. The number of aliphatic hydroxyl groups is 2. The maximum atomic E-state index is 11.7. The molecule has 0 amide bonds. The van der Waals surface area contributed by atoms with Gasteiger partial charge in [-0.3, -0.25) is 9.59 Å². The van der Waals surface area contributed by atoms with Crippen LogP contribution in [0.1, 0.15) is 92.9 Å². The van der Waals surface area contributed by atoms with Crippen molar-refractivity contribution in [3.05, 3.63) is 22.3 Å². The number of hydrogen-bond donors (Lipinski definition) is 8. The van der Waals surface area contributed by atoms with E-state index in [9.17, 15) is 30.0 Å². The van der Waals surface area contributed by atoms with Crippen LogP contribution in [0.3, 0.4) is 0 Å². The highest BCUT2D eigenvalue weighted by Gasteiger charge is 2.49. The second kappa shape index (κ2) is 16.0. The zero-order valence-electron chi connectivity index (χ0n) is 28.2. The maximum Gasteiger partial charge on any atom is 0.303 e. The third-order valence-corrected chi connectivity index (χ3v) is 12.3. The largest absolute Gasteiger partial charge is 0.481 e. The van der Waals surface area contributed by atoms with Gasteiger partial charge in [-0.25, -0.2) is 0 Å². The Balaban J connectivity index is 0.00000288. The van der Waals surface area contributed by atoms with E-state index in [1.165, 1.54) is 16.7 Å². The van der Waals surface area contributed by atoms with Gasteiger partial charge in [0.05, 0.1) is 12.2 Å². The molecule has 3 fully saturated rings. The van der Waals surface area contributed by atoms with Crippen molar-refractivity contribution in [2.75, 3.05) is 0 Å². The summed E-state index contributed by atoms with van der Waals surface area (Å²) in [4.78, 5) is 23.3. The third kappa shape index (κ3) is 7.96. The van der Waals surface area contributed by atoms with Gasteiger partial charge in [0, 0.05) is 67.1 Å². The molecule has 0 spiro atoms. The van der Waals surface area contributed by atoms with E-state index >= 15 is 0 Å². The van der Waals surface area contributed by atoms with Crippen molar-refractivity contribution < 1.29 is 30.0 Å². The molecule has 0 aromatic carbocycles. The van der Waals surface area contributed by atoms with E-state index in [4.69, 9.17) is 0 Å². The zero-order chi connectivity index (χ0) is 32.0. The molecule has 0 aromatic rings. The lowest BCUT2D eigenvalue weighted by molar-refractivity contribution is -0.138. The summed E-state index contributed by atoms with van der Waals surface area (Å²) in [5.74, 6) is -0.809. The molecule has 5 aliphatic heterocycles. The molecular weight excluding hydrogens is 631 g/mol. The fourth-order valence-electron chi connectivity index (χ4n) is 10.00. The predicted octanol–water partition coefficient (Wildman–Crippen LogP) is 3.39. The van der Waals surface area contributed by atoms with Crippen LogP contribution in [0, 0.1) is 23.7 Å². The minimum absolute atomic E-state index is 0. The first-order valence-electron chi connectivity index (χ1n) is 17.0. The first-order valence-corrected chi connectivity index (χ1v) is 17.0. The van der Waals surface area contributed by atoms with Gasteiger partial charge < -0.3 is 41.7 Å². The Bertz CT molecular complexity index is 1160. The molecule has 10 nitrogen and oxygen atoms in total. The number of nitrogens with one attached hydrogen (secondary N) is 4. The Hall–Kier alpha value is -1.24. The van der Waals surface area contributed by atoms with Gasteiger partial charge in [0.1, 0.15) is 0 Å². The molecule has 5 rings (SSSR count). The number of carboxylic acids is 2. The summed E-state index contributed by atoms with van der Waals surface area (Å²) >= 11 is 0. The highest BCUT2D eigenvalue weighted by atomic mass is 35.5. The Morgan fingerprint density at radius 1 is 0.717 bits per heavy atom. The fraction of sp³-hybridized carbons (Fsp3) is 0.824. The van der Waals surface area contributed by atoms with E-state index in [-0.39, 0.29) is 110 Å². The average Bonchev–Trinajstić information content (AvgIpc) is 3.59. The van der Waals surface area contributed by atoms with Crippen LogP contribution < -0.4 is 21.3 Å². The SMILES string of the molecule is CC1=C(CCC(=O)O)C2CC3NC(CC4NC(CC5NC(CC1N2)C(C(C)O)C5C)C(C(C)O)=C4C)C(C)C3CCC(=O)O.Cl.Cl. The van der Waals surface area contributed by atoms with Gasteiger partial charge in [0.15, 0.2) is 0 Å². The van der Waals surface area contributed by atoms with E-state index in [0.717, 1.165) is 31.3 Å². The average molecular weight is 690 g/mol. The van der Waals surface area contributed by atoms with Crippen LogP contribution in [-0.4, -0.2) is 92.9 Å². The van der Waals surface area contributed by atoms with Crippen LogP contribution in [0.5, 0.6) is 0 Å². The number of carbonyl (C=O) groups is 2. The first kappa shape index (κ1) is 39.2. The van der Waals surface area contributed by atoms with Crippen LogP contribution in [0.2, 0.25) is 0 Å². The van der Waals surface area contributed by atoms with E-state index in [2.05, 4.69) is 49.0 Å². The number of aliphatic carboxylic acids is 2. The minimum Gasteiger partial charge on any atom is -0.481 e. The first-order chi connectivity index (χ1) is 20.8. The summed E-state index contributed by atoms with van der Waals surface area (Å²) in [5, 5.41) is 56.7. The summed E-state index contributed by atoms with van der Waals surface area (Å²) < 4.78 is 0. The number of fused-ring (bicyclic) bond motifs is 8. The highest BCUT2D eigenvalue weighted by molar-refractivity contribution is 5.85. The monoisotopic (exact) mass is 688 g/mol. The number of hydrogen-bond acceptors (Lipinski definition) is 8. The summed E-state index contributed by atoms with van der Waals surface area (Å²) in [6.45, 7) is 12.5. The molecule has 0 radical (unpaired) electrons. The number of rotatable bonds is 8. The van der Waals surface area contributed by atoms with Crippen molar-refractivity contribution in [3.63, 3.8) is 0 Å². The van der Waals surface area contributed by atoms with E-state index in [1.54, 1.807) is 0 Å². The standard InChI is InChI=1S/C34H56N4O6.2ClH/c1-15-21(7-9-31(41)42)27-14-28-22(8-10-32(43)44)16(2)24(36-28)12-29-34(20(6)40)18(4)26(38-29)13-30-33(19(5)39)17(3)25(37-30)11-23(15)35-27;;/h15,18-21,23-30,34-40H,7-14H2,1-6H3,(H,41,42)(H,43,44);2*1H. The smallest absolute Gasteiger partial charge is 0.303 e. The summed E-state index contributed by atoms with van der Waals surface area (Å²) in [6, 6.07) is 0.774. The quantitative estimate of drug-likeness (QED) is 0.177. The van der Waals surface area contributed by atoms with Gasteiger partial charge in [0.2, 0.25) is 0 Å². The van der Waals surface area contributed by atoms with Crippen LogP contribution in [0.4, 0.5) is 0 Å².